The highest BCUT2D eigenvalue weighted by Crippen LogP contribution is 2.41. The average molecular weight is 679 g/mol. The first kappa shape index (κ1) is 33.8. The fraction of sp³-hybridized carbons (Fsp3) is 0.387. The number of ether oxygens (including phenoxy) is 2. The lowest BCUT2D eigenvalue weighted by Crippen LogP contribution is -2.54. The zero-order valence-electron chi connectivity index (χ0n) is 25.7. The molecule has 1 saturated heterocycles. The summed E-state index contributed by atoms with van der Waals surface area (Å²) in [5.74, 6) is -3.82. The van der Waals surface area contributed by atoms with Gasteiger partial charge in [-0.3, -0.25) is 4.79 Å². The Morgan fingerprint density at radius 2 is 1.79 bits per heavy atom. The van der Waals surface area contributed by atoms with Crippen LogP contribution in [0, 0.1) is 6.92 Å². The third-order valence-corrected chi connectivity index (χ3v) is 7.68. The number of anilines is 2. The van der Waals surface area contributed by atoms with Gasteiger partial charge in [0.2, 0.25) is 17.7 Å². The molecule has 0 aliphatic carbocycles. The summed E-state index contributed by atoms with van der Waals surface area (Å²) < 4.78 is 79.0. The number of carbonyl (C=O) groups is 2. The molecule has 16 heteroatoms. The highest BCUT2D eigenvalue weighted by atomic mass is 32.1. The van der Waals surface area contributed by atoms with Gasteiger partial charge in [0.25, 0.3) is 5.92 Å². The van der Waals surface area contributed by atoms with Crippen LogP contribution in [0.25, 0.3) is 21.3 Å². The lowest BCUT2D eigenvalue weighted by molar-refractivity contribution is -0.150. The van der Waals surface area contributed by atoms with Gasteiger partial charge in [-0.2, -0.15) is 13.2 Å². The lowest BCUT2D eigenvalue weighted by Gasteiger charge is -2.38. The largest absolute Gasteiger partial charge is 0.444 e. The van der Waals surface area contributed by atoms with Crippen LogP contribution in [-0.4, -0.2) is 68.7 Å². The highest BCUT2D eigenvalue weighted by molar-refractivity contribution is 7.15. The predicted molar refractivity (Wildman–Crippen MR) is 166 cm³/mol. The van der Waals surface area contributed by atoms with Gasteiger partial charge in [-0.25, -0.2) is 28.5 Å². The molecule has 4 aromatic rings. The van der Waals surface area contributed by atoms with E-state index in [2.05, 4.69) is 25.6 Å². The molecule has 2 N–H and O–H groups in total. The number of benzene rings is 2. The van der Waals surface area contributed by atoms with E-state index in [9.17, 15) is 31.5 Å². The fourth-order valence-corrected chi connectivity index (χ4v) is 5.80. The van der Waals surface area contributed by atoms with E-state index in [0.29, 0.717) is 32.1 Å². The normalized spacial score (nSPS) is 16.5. The van der Waals surface area contributed by atoms with Crippen LogP contribution in [0.4, 0.5) is 38.4 Å². The molecule has 0 unspecified atom stereocenters. The number of aromatic nitrogens is 3. The number of piperidine rings is 1. The van der Waals surface area contributed by atoms with E-state index in [0.717, 1.165) is 4.90 Å². The molecule has 0 radical (unpaired) electrons. The fourth-order valence-electron chi connectivity index (χ4n) is 4.99. The Hall–Kier alpha value is -4.60. The van der Waals surface area contributed by atoms with Crippen LogP contribution in [-0.2, 0) is 9.53 Å². The molecular weight excluding hydrogens is 647 g/mol. The van der Waals surface area contributed by atoms with Gasteiger partial charge in [0.05, 0.1) is 23.3 Å². The van der Waals surface area contributed by atoms with Crippen molar-refractivity contribution in [2.75, 3.05) is 23.7 Å². The Morgan fingerprint density at radius 3 is 2.49 bits per heavy atom. The van der Waals surface area contributed by atoms with E-state index in [1.807, 2.05) is 0 Å². The number of fused-ring (bicyclic) bond motifs is 1. The number of nitrogens with zero attached hydrogens (tertiary/aromatic N) is 4. The second kappa shape index (κ2) is 12.9. The van der Waals surface area contributed by atoms with Crippen LogP contribution >= 0.6 is 11.3 Å². The van der Waals surface area contributed by atoms with Gasteiger partial charge in [-0.15, -0.1) is 11.3 Å². The molecule has 5 rings (SSSR count). The maximum absolute atomic E-state index is 14.7. The Balaban J connectivity index is 1.37. The molecule has 2 aromatic carbocycles. The monoisotopic (exact) mass is 678 g/mol. The van der Waals surface area contributed by atoms with Crippen molar-refractivity contribution in [3.05, 3.63) is 53.7 Å². The van der Waals surface area contributed by atoms with Crippen molar-refractivity contribution in [1.29, 1.82) is 0 Å². The van der Waals surface area contributed by atoms with E-state index < -0.39 is 55.1 Å². The van der Waals surface area contributed by atoms with Crippen molar-refractivity contribution >= 4 is 45.7 Å². The molecule has 1 fully saturated rings. The lowest BCUT2D eigenvalue weighted by atomic mass is 10.0. The number of nitrogens with one attached hydrogen (secondary N) is 2. The Kier molecular flexibility index (Phi) is 9.26. The van der Waals surface area contributed by atoms with E-state index in [-0.39, 0.29) is 24.1 Å². The Bertz CT molecular complexity index is 1790. The molecule has 1 atom stereocenters. The van der Waals surface area contributed by atoms with E-state index in [4.69, 9.17) is 9.47 Å². The number of halogens is 5. The number of carbonyl (C=O) groups excluding carboxylic acids is 2. The molecular formula is C31H31F5N6O4S. The first-order valence-corrected chi connectivity index (χ1v) is 15.3. The van der Waals surface area contributed by atoms with Gasteiger partial charge < -0.3 is 25.0 Å². The average Bonchev–Trinajstić information content (AvgIpc) is 3.31. The van der Waals surface area contributed by atoms with E-state index in [1.165, 1.54) is 29.7 Å². The SMILES string of the molecule is Cc1nc(Oc2ccc(NC(=O)CC(F)(F)F)c3ccccc23)c(-c2ccnc(N[C@@H]3CN(C(=O)OC(C)(C)C)CC(F)(F)C3)n2)s1. The smallest absolute Gasteiger partial charge is 0.410 e. The number of thiazole rings is 1. The standard InChI is InChI=1S/C31H31F5N6O4S/c1-17-38-26(45-23-10-9-21(19-7-5-6-8-20(19)23)40-24(43)14-31(34,35)36)25(47-17)22-11-12-37-27(41-22)39-18-13-30(32,33)16-42(15-18)28(44)46-29(2,3)4/h5-12,18H,13-16H2,1-4H3,(H,40,43)(H,37,39,41)/t18-/m0/s1. The van der Waals surface area contributed by atoms with Crippen molar-refractivity contribution in [2.24, 2.45) is 0 Å². The second-order valence-electron chi connectivity index (χ2n) is 12.0. The third kappa shape index (κ3) is 8.81. The van der Waals surface area contributed by atoms with Crippen molar-refractivity contribution in [1.82, 2.24) is 19.9 Å². The van der Waals surface area contributed by atoms with Crippen LogP contribution in [0.5, 0.6) is 11.6 Å². The molecule has 47 heavy (non-hydrogen) atoms. The summed E-state index contributed by atoms with van der Waals surface area (Å²) in [6, 6.07) is 10.4. The molecule has 250 valence electrons. The number of amides is 2. The van der Waals surface area contributed by atoms with Gasteiger partial charge in [0.15, 0.2) is 0 Å². The van der Waals surface area contributed by atoms with E-state index >= 15 is 0 Å². The topological polar surface area (TPSA) is 119 Å². The number of hydrogen-bond acceptors (Lipinski definition) is 9. The first-order valence-electron chi connectivity index (χ1n) is 14.4. The van der Waals surface area contributed by atoms with Crippen LogP contribution < -0.4 is 15.4 Å². The molecule has 1 aliphatic heterocycles. The van der Waals surface area contributed by atoms with Gasteiger partial charge in [0.1, 0.15) is 22.6 Å². The minimum absolute atomic E-state index is 0.0498. The van der Waals surface area contributed by atoms with Crippen LogP contribution in [0.2, 0.25) is 0 Å². The maximum atomic E-state index is 14.7. The van der Waals surface area contributed by atoms with Gasteiger partial charge in [0, 0.05) is 35.6 Å². The summed E-state index contributed by atoms with van der Waals surface area (Å²) in [5, 5.41) is 6.81. The Morgan fingerprint density at radius 1 is 1.06 bits per heavy atom. The quantitative estimate of drug-likeness (QED) is 0.190. The second-order valence-corrected chi connectivity index (χ2v) is 13.2. The molecule has 1 aliphatic rings. The molecule has 3 heterocycles. The van der Waals surface area contributed by atoms with Crippen LogP contribution in [0.15, 0.2) is 48.7 Å². The van der Waals surface area contributed by atoms with Crippen molar-refractivity contribution < 1.29 is 41.0 Å². The number of rotatable bonds is 7. The molecule has 2 aromatic heterocycles. The number of aryl methyl sites for hydroxylation is 1. The summed E-state index contributed by atoms with van der Waals surface area (Å²) in [6.45, 7) is 5.90. The summed E-state index contributed by atoms with van der Waals surface area (Å²) in [5.41, 5.74) is -0.283. The van der Waals surface area contributed by atoms with Crippen molar-refractivity contribution in [3.8, 4) is 22.2 Å². The molecule has 0 spiro atoms. The molecule has 10 nitrogen and oxygen atoms in total. The van der Waals surface area contributed by atoms with E-state index in [1.54, 1.807) is 58.0 Å². The van der Waals surface area contributed by atoms with Crippen LogP contribution in [0.1, 0.15) is 38.6 Å². The minimum Gasteiger partial charge on any atom is -0.444 e. The number of alkyl halides is 5. The zero-order valence-corrected chi connectivity index (χ0v) is 26.6. The summed E-state index contributed by atoms with van der Waals surface area (Å²) >= 11 is 1.27. The predicted octanol–water partition coefficient (Wildman–Crippen LogP) is 7.80. The number of likely N-dealkylation sites (tertiary alicyclic amines) is 1. The number of hydrogen-bond donors (Lipinski definition) is 2. The van der Waals surface area contributed by atoms with Crippen molar-refractivity contribution in [2.45, 2.75) is 64.3 Å². The zero-order chi connectivity index (χ0) is 34.1. The van der Waals surface area contributed by atoms with Crippen molar-refractivity contribution in [3.63, 3.8) is 0 Å². The highest BCUT2D eigenvalue weighted by Gasteiger charge is 2.43. The summed E-state index contributed by atoms with van der Waals surface area (Å²) in [7, 11) is 0. The van der Waals surface area contributed by atoms with Gasteiger partial charge >= 0.3 is 12.3 Å². The molecule has 0 bridgehead atoms. The Labute approximate surface area is 270 Å². The third-order valence-electron chi connectivity index (χ3n) is 6.71. The molecule has 2 amide bonds. The van der Waals surface area contributed by atoms with Gasteiger partial charge in [-0.05, 0) is 45.9 Å². The maximum Gasteiger partial charge on any atom is 0.410 e. The molecule has 0 saturated carbocycles. The van der Waals surface area contributed by atoms with Crippen LogP contribution in [0.3, 0.4) is 0 Å². The summed E-state index contributed by atoms with van der Waals surface area (Å²) in [6.07, 6.45) is -6.22. The first-order chi connectivity index (χ1) is 21.9. The minimum atomic E-state index is -4.65. The van der Waals surface area contributed by atoms with Gasteiger partial charge in [-0.1, -0.05) is 24.3 Å². The summed E-state index contributed by atoms with van der Waals surface area (Å²) in [4.78, 5) is 39.2.